The number of nitrogens with one attached hydrogen (secondary N) is 1. The number of methoxy groups -OCH3 is 1. The lowest BCUT2D eigenvalue weighted by atomic mass is 10.0. The fourth-order valence-corrected chi connectivity index (χ4v) is 3.23. The van der Waals surface area contributed by atoms with Gasteiger partial charge in [0.2, 0.25) is 0 Å². The minimum absolute atomic E-state index is 0.276. The van der Waals surface area contributed by atoms with E-state index in [0.29, 0.717) is 17.4 Å². The summed E-state index contributed by atoms with van der Waals surface area (Å²) in [5.41, 5.74) is 6.70. The third-order valence-corrected chi connectivity index (χ3v) is 4.27. The summed E-state index contributed by atoms with van der Waals surface area (Å²) < 4.78 is 4.65. The maximum absolute atomic E-state index is 11.4. The van der Waals surface area contributed by atoms with Gasteiger partial charge in [0, 0.05) is 6.54 Å². The molecule has 3 N–H and O–H groups in total. The van der Waals surface area contributed by atoms with Gasteiger partial charge in [0.25, 0.3) is 0 Å². The van der Waals surface area contributed by atoms with Crippen LogP contribution in [-0.4, -0.2) is 36.1 Å². The third-order valence-electron chi connectivity index (χ3n) is 3.22. The van der Waals surface area contributed by atoms with Crippen LogP contribution >= 0.6 is 11.8 Å². The van der Waals surface area contributed by atoms with Crippen molar-refractivity contribution >= 4 is 29.2 Å². The van der Waals surface area contributed by atoms with Crippen molar-refractivity contribution in [1.82, 2.24) is 4.98 Å². The predicted octanol–water partition coefficient (Wildman–Crippen LogP) is 2.01. The van der Waals surface area contributed by atoms with Crippen LogP contribution in [0.1, 0.15) is 23.3 Å². The van der Waals surface area contributed by atoms with Gasteiger partial charge >= 0.3 is 5.97 Å². The molecule has 6 heteroatoms. The number of nitrogens with two attached hydrogens (primary N) is 1. The van der Waals surface area contributed by atoms with Crippen LogP contribution in [0.2, 0.25) is 0 Å². The van der Waals surface area contributed by atoms with Gasteiger partial charge in [-0.1, -0.05) is 0 Å². The molecular formula is C13H19N3O2S. The number of ether oxygens (including phenoxy) is 1. The summed E-state index contributed by atoms with van der Waals surface area (Å²) >= 11 is 2.00. The van der Waals surface area contributed by atoms with Crippen molar-refractivity contribution in [2.75, 3.05) is 36.2 Å². The zero-order chi connectivity index (χ0) is 13.7. The van der Waals surface area contributed by atoms with Crippen molar-refractivity contribution < 1.29 is 9.53 Å². The van der Waals surface area contributed by atoms with E-state index < -0.39 is 5.97 Å². The summed E-state index contributed by atoms with van der Waals surface area (Å²) in [6, 6.07) is 3.25. The van der Waals surface area contributed by atoms with Crippen molar-refractivity contribution in [3.05, 3.63) is 17.8 Å². The summed E-state index contributed by atoms with van der Waals surface area (Å²) in [5, 5.41) is 3.25. The fraction of sp³-hybridized carbons (Fsp3) is 0.538. The molecule has 1 saturated heterocycles. The van der Waals surface area contributed by atoms with Crippen molar-refractivity contribution in [1.29, 1.82) is 0 Å². The van der Waals surface area contributed by atoms with E-state index in [1.54, 1.807) is 12.1 Å². The largest absolute Gasteiger partial charge is 0.464 e. The highest BCUT2D eigenvalue weighted by molar-refractivity contribution is 7.99. The van der Waals surface area contributed by atoms with E-state index in [2.05, 4.69) is 15.0 Å². The van der Waals surface area contributed by atoms with Gasteiger partial charge in [-0.2, -0.15) is 11.8 Å². The highest BCUT2D eigenvalue weighted by Gasteiger charge is 2.15. The number of aromatic nitrogens is 1. The van der Waals surface area contributed by atoms with Crippen LogP contribution in [-0.2, 0) is 4.74 Å². The summed E-state index contributed by atoms with van der Waals surface area (Å²) in [7, 11) is 1.34. The smallest absolute Gasteiger partial charge is 0.356 e. The number of nitrogen functional groups attached to an aromatic ring is 1. The van der Waals surface area contributed by atoms with E-state index in [1.165, 1.54) is 31.5 Å². The van der Waals surface area contributed by atoms with E-state index in [4.69, 9.17) is 5.73 Å². The zero-order valence-corrected chi connectivity index (χ0v) is 11.8. The standard InChI is InChI=1S/C13H19N3O2S/c1-18-13(17)11-3-2-10(14)12(16-11)15-8-9-4-6-19-7-5-9/h2-3,9H,4-8,14H2,1H3,(H,15,16). The van der Waals surface area contributed by atoms with Crippen LogP contribution in [0, 0.1) is 5.92 Å². The molecule has 0 bridgehead atoms. The van der Waals surface area contributed by atoms with Crippen LogP contribution in [0.3, 0.4) is 0 Å². The van der Waals surface area contributed by atoms with Crippen molar-refractivity contribution in [2.24, 2.45) is 5.92 Å². The molecule has 2 heterocycles. The van der Waals surface area contributed by atoms with Gasteiger partial charge < -0.3 is 15.8 Å². The zero-order valence-electron chi connectivity index (χ0n) is 11.0. The lowest BCUT2D eigenvalue weighted by Gasteiger charge is -2.22. The highest BCUT2D eigenvalue weighted by Crippen LogP contribution is 2.24. The quantitative estimate of drug-likeness (QED) is 0.822. The summed E-state index contributed by atoms with van der Waals surface area (Å²) in [4.78, 5) is 15.6. The Morgan fingerprint density at radius 2 is 2.26 bits per heavy atom. The molecule has 0 amide bonds. The van der Waals surface area contributed by atoms with E-state index in [9.17, 15) is 4.79 Å². The number of nitrogens with zero attached hydrogens (tertiary/aromatic N) is 1. The van der Waals surface area contributed by atoms with Crippen molar-refractivity contribution in [3.63, 3.8) is 0 Å². The summed E-state index contributed by atoms with van der Waals surface area (Å²) in [6.07, 6.45) is 2.43. The van der Waals surface area contributed by atoms with Gasteiger partial charge in [-0.15, -0.1) is 0 Å². The van der Waals surface area contributed by atoms with E-state index in [1.807, 2.05) is 11.8 Å². The maximum Gasteiger partial charge on any atom is 0.356 e. The molecular weight excluding hydrogens is 262 g/mol. The first-order valence-electron chi connectivity index (χ1n) is 6.37. The maximum atomic E-state index is 11.4. The Morgan fingerprint density at radius 1 is 1.53 bits per heavy atom. The average Bonchev–Trinajstić information content (AvgIpc) is 2.46. The molecule has 0 radical (unpaired) electrons. The summed E-state index contributed by atoms with van der Waals surface area (Å²) in [5.74, 6) is 3.22. The number of esters is 1. The molecule has 5 nitrogen and oxygen atoms in total. The van der Waals surface area contributed by atoms with Gasteiger partial charge in [0.1, 0.15) is 5.82 Å². The lowest BCUT2D eigenvalue weighted by Crippen LogP contribution is -2.20. The monoisotopic (exact) mass is 281 g/mol. The Bertz CT molecular complexity index is 448. The molecule has 19 heavy (non-hydrogen) atoms. The highest BCUT2D eigenvalue weighted by atomic mass is 32.2. The number of anilines is 2. The molecule has 1 aromatic heterocycles. The minimum atomic E-state index is -0.447. The first-order chi connectivity index (χ1) is 9.20. The number of carbonyl (C=O) groups is 1. The Kier molecular flexibility index (Phi) is 4.90. The Morgan fingerprint density at radius 3 is 2.95 bits per heavy atom. The number of carbonyl (C=O) groups excluding carboxylic acids is 1. The minimum Gasteiger partial charge on any atom is -0.464 e. The molecule has 2 rings (SSSR count). The summed E-state index contributed by atoms with van der Waals surface area (Å²) in [6.45, 7) is 0.850. The second-order valence-electron chi connectivity index (χ2n) is 4.56. The van der Waals surface area contributed by atoms with Gasteiger partial charge in [-0.25, -0.2) is 9.78 Å². The second-order valence-corrected chi connectivity index (χ2v) is 5.79. The van der Waals surface area contributed by atoms with Crippen molar-refractivity contribution in [2.45, 2.75) is 12.8 Å². The van der Waals surface area contributed by atoms with Crippen molar-refractivity contribution in [3.8, 4) is 0 Å². The molecule has 0 spiro atoms. The van der Waals surface area contributed by atoms with Crippen LogP contribution in [0.15, 0.2) is 12.1 Å². The molecule has 0 atom stereocenters. The average molecular weight is 281 g/mol. The van der Waals surface area contributed by atoms with E-state index >= 15 is 0 Å². The molecule has 0 aromatic carbocycles. The van der Waals surface area contributed by atoms with Crippen LogP contribution in [0.25, 0.3) is 0 Å². The van der Waals surface area contributed by atoms with E-state index in [0.717, 1.165) is 6.54 Å². The fourth-order valence-electron chi connectivity index (χ4n) is 2.02. The van der Waals surface area contributed by atoms with Crippen LogP contribution in [0.4, 0.5) is 11.5 Å². The Labute approximate surface area is 117 Å². The molecule has 1 fully saturated rings. The van der Waals surface area contributed by atoms with Gasteiger partial charge in [-0.3, -0.25) is 0 Å². The van der Waals surface area contributed by atoms with Gasteiger partial charge in [0.05, 0.1) is 12.8 Å². The number of thioether (sulfide) groups is 1. The first kappa shape index (κ1) is 14.0. The molecule has 1 aliphatic heterocycles. The molecule has 0 saturated carbocycles. The predicted molar refractivity (Wildman–Crippen MR) is 78.5 cm³/mol. The SMILES string of the molecule is COC(=O)c1ccc(N)c(NCC2CCSCC2)n1. The van der Waals surface area contributed by atoms with Gasteiger partial charge in [-0.05, 0) is 42.4 Å². The van der Waals surface area contributed by atoms with Crippen LogP contribution in [0.5, 0.6) is 0 Å². The Balaban J connectivity index is 2.00. The lowest BCUT2D eigenvalue weighted by molar-refractivity contribution is 0.0594. The molecule has 0 unspecified atom stereocenters. The Hall–Kier alpha value is -1.43. The number of rotatable bonds is 4. The molecule has 1 aromatic rings. The second kappa shape index (κ2) is 6.65. The molecule has 0 aliphatic carbocycles. The normalized spacial score (nSPS) is 16.1. The van der Waals surface area contributed by atoms with E-state index in [-0.39, 0.29) is 5.69 Å². The third kappa shape index (κ3) is 3.76. The topological polar surface area (TPSA) is 77.2 Å². The van der Waals surface area contributed by atoms with Gasteiger partial charge in [0.15, 0.2) is 5.69 Å². The number of hydrogen-bond donors (Lipinski definition) is 2. The van der Waals surface area contributed by atoms with Crippen LogP contribution < -0.4 is 11.1 Å². The molecule has 1 aliphatic rings. The number of pyridine rings is 1. The number of hydrogen-bond acceptors (Lipinski definition) is 6. The molecule has 104 valence electrons. The first-order valence-corrected chi connectivity index (χ1v) is 7.52.